The van der Waals surface area contributed by atoms with Crippen molar-refractivity contribution in [1.29, 1.82) is 0 Å². The lowest BCUT2D eigenvalue weighted by Crippen LogP contribution is -2.69. The summed E-state index contributed by atoms with van der Waals surface area (Å²) in [5.41, 5.74) is 7.92. The van der Waals surface area contributed by atoms with Gasteiger partial charge in [0, 0.05) is 40.6 Å². The molecule has 5 heterocycles. The molecule has 3 aromatic rings. The van der Waals surface area contributed by atoms with Crippen molar-refractivity contribution >= 4 is 45.8 Å². The number of aromatic nitrogens is 3. The minimum atomic E-state index is -0.652. The number of nitrogens with one attached hydrogen (secondary N) is 1. The molecule has 2 aliphatic rings. The van der Waals surface area contributed by atoms with Crippen LogP contribution in [0.3, 0.4) is 0 Å². The molecule has 0 unspecified atom stereocenters. The van der Waals surface area contributed by atoms with Crippen LogP contribution < -0.4 is 15.6 Å². The summed E-state index contributed by atoms with van der Waals surface area (Å²) >= 11 is 2.79. The van der Waals surface area contributed by atoms with Gasteiger partial charge in [-0.2, -0.15) is 0 Å². The maximum Gasteiger partial charge on any atom is 0.276 e. The third kappa shape index (κ3) is 4.26. The molecule has 0 aromatic carbocycles. The van der Waals surface area contributed by atoms with E-state index >= 15 is 0 Å². The van der Waals surface area contributed by atoms with Crippen LogP contribution in [0.2, 0.25) is 0 Å². The van der Waals surface area contributed by atoms with Gasteiger partial charge in [0.05, 0.1) is 6.20 Å². The second kappa shape index (κ2) is 9.27. The Balaban J connectivity index is 1.22. The number of fused-ring (bicyclic) bond motifs is 1. The quantitative estimate of drug-likeness (QED) is 0.213. The SMILES string of the molecule is CON=C(C(=O)N[C@@H]1C(=O)N2C=C(C[n+]3ccc(-c4ncco4)cc3)CS[C@@H]12)c1csc(N)n1. The van der Waals surface area contributed by atoms with Crippen molar-refractivity contribution in [3.63, 3.8) is 0 Å². The van der Waals surface area contributed by atoms with Crippen molar-refractivity contribution in [2.24, 2.45) is 5.16 Å². The fourth-order valence-corrected chi connectivity index (χ4v) is 5.45. The fourth-order valence-electron chi connectivity index (χ4n) is 3.65. The van der Waals surface area contributed by atoms with Crippen LogP contribution in [0.5, 0.6) is 0 Å². The van der Waals surface area contributed by atoms with Gasteiger partial charge in [-0.3, -0.25) is 9.59 Å². The van der Waals surface area contributed by atoms with Crippen molar-refractivity contribution in [2.75, 3.05) is 18.6 Å². The Kier molecular flexibility index (Phi) is 6.02. The molecule has 2 aliphatic heterocycles. The maximum absolute atomic E-state index is 12.8. The fraction of sp³-hybridized carbons (Fsp3) is 0.238. The molecule has 2 amide bonds. The van der Waals surface area contributed by atoms with E-state index in [1.807, 2.05) is 35.3 Å². The molecule has 1 saturated heterocycles. The van der Waals surface area contributed by atoms with E-state index in [1.165, 1.54) is 24.7 Å². The number of oxime groups is 1. The van der Waals surface area contributed by atoms with Crippen molar-refractivity contribution in [2.45, 2.75) is 18.0 Å². The van der Waals surface area contributed by atoms with Crippen LogP contribution in [0.15, 0.2) is 63.7 Å². The number of anilines is 1. The number of thioether (sulfide) groups is 1. The number of oxazole rings is 1. The highest BCUT2D eigenvalue weighted by molar-refractivity contribution is 8.00. The number of carbonyl (C=O) groups excluding carboxylic acids is 2. The van der Waals surface area contributed by atoms with Gasteiger partial charge in [-0.1, -0.05) is 5.16 Å². The van der Waals surface area contributed by atoms with Crippen molar-refractivity contribution in [3.8, 4) is 11.5 Å². The Bertz CT molecular complexity index is 1270. The highest BCUT2D eigenvalue weighted by Gasteiger charge is 2.50. The van der Waals surface area contributed by atoms with E-state index in [9.17, 15) is 9.59 Å². The highest BCUT2D eigenvalue weighted by Crippen LogP contribution is 2.36. The predicted molar refractivity (Wildman–Crippen MR) is 125 cm³/mol. The number of β-lactam (4-membered cyclic amide) rings is 1. The lowest BCUT2D eigenvalue weighted by atomic mass is 10.1. The molecular formula is C21H20N7O4S2+. The second-order valence-electron chi connectivity index (χ2n) is 7.48. The number of thiazole rings is 1. The molecule has 0 saturated carbocycles. The number of rotatable bonds is 7. The van der Waals surface area contributed by atoms with Gasteiger partial charge in [-0.15, -0.1) is 23.1 Å². The van der Waals surface area contributed by atoms with Gasteiger partial charge in [-0.05, 0) is 0 Å². The molecule has 0 aliphatic carbocycles. The molecule has 2 atom stereocenters. The summed E-state index contributed by atoms with van der Waals surface area (Å²) in [7, 11) is 1.34. The number of pyridine rings is 1. The largest absolute Gasteiger partial charge is 0.445 e. The van der Waals surface area contributed by atoms with Crippen LogP contribution >= 0.6 is 23.1 Å². The monoisotopic (exact) mass is 498 g/mol. The van der Waals surface area contributed by atoms with Gasteiger partial charge in [-0.25, -0.2) is 14.5 Å². The summed E-state index contributed by atoms with van der Waals surface area (Å²) in [6.07, 6.45) is 8.90. The van der Waals surface area contributed by atoms with E-state index in [1.54, 1.807) is 28.2 Å². The minimum Gasteiger partial charge on any atom is -0.445 e. The number of hydrogen-bond donors (Lipinski definition) is 2. The molecule has 0 bridgehead atoms. The molecule has 5 rings (SSSR count). The first-order valence-corrected chi connectivity index (χ1v) is 12.1. The standard InChI is InChI=1S/C21H19N7O4S2/c1-31-26-15(14-11-34-21(22)24-14)17(29)25-16-19(30)28-9-12(10-33-20(16)28)8-27-5-2-13(3-6-27)18-23-4-7-32-18/h2-7,9,11,16,20H,8,10H2,1H3,(H2-,22,24,25,29)/p+1/t16-,20+/m1/s1. The van der Waals surface area contributed by atoms with Gasteiger partial charge in [0.2, 0.25) is 5.89 Å². The number of hydrogen-bond acceptors (Lipinski definition) is 10. The van der Waals surface area contributed by atoms with Crippen molar-refractivity contribution < 1.29 is 23.4 Å². The van der Waals surface area contributed by atoms with Crippen LogP contribution in [0.25, 0.3) is 11.5 Å². The van der Waals surface area contributed by atoms with Gasteiger partial charge < -0.3 is 25.2 Å². The number of nitrogens with zero attached hydrogens (tertiary/aromatic N) is 5. The van der Waals surface area contributed by atoms with E-state index in [2.05, 4.69) is 20.4 Å². The molecule has 1 fully saturated rings. The molecule has 174 valence electrons. The van der Waals surface area contributed by atoms with Crippen LogP contribution in [-0.2, 0) is 21.0 Å². The van der Waals surface area contributed by atoms with Crippen LogP contribution in [0, 0.1) is 0 Å². The molecular weight excluding hydrogens is 478 g/mol. The van der Waals surface area contributed by atoms with Gasteiger partial charge in [0.15, 0.2) is 29.8 Å². The van der Waals surface area contributed by atoms with Crippen molar-refractivity contribution in [1.82, 2.24) is 20.2 Å². The Labute approximate surface area is 202 Å². The second-order valence-corrected chi connectivity index (χ2v) is 9.47. The van der Waals surface area contributed by atoms with E-state index in [4.69, 9.17) is 15.0 Å². The molecule has 13 heteroatoms. The zero-order valence-corrected chi connectivity index (χ0v) is 19.6. The maximum atomic E-state index is 12.8. The normalized spacial score (nSPS) is 19.8. The van der Waals surface area contributed by atoms with Crippen LogP contribution in [0.4, 0.5) is 5.13 Å². The lowest BCUT2D eigenvalue weighted by Gasteiger charge is -2.47. The van der Waals surface area contributed by atoms with E-state index in [-0.39, 0.29) is 17.0 Å². The summed E-state index contributed by atoms with van der Waals surface area (Å²) in [4.78, 5) is 40.2. The number of nitrogens with two attached hydrogens (primary N) is 1. The summed E-state index contributed by atoms with van der Waals surface area (Å²) in [6.45, 7) is 0.641. The van der Waals surface area contributed by atoms with Gasteiger partial charge in [0.1, 0.15) is 30.5 Å². The minimum absolute atomic E-state index is 0.0247. The Morgan fingerprint density at radius 1 is 1.44 bits per heavy atom. The smallest absolute Gasteiger partial charge is 0.276 e. The van der Waals surface area contributed by atoms with Crippen LogP contribution in [-0.4, -0.2) is 56.7 Å². The first kappa shape index (κ1) is 22.1. The summed E-state index contributed by atoms with van der Waals surface area (Å²) in [5.74, 6) is 0.583. The predicted octanol–water partition coefficient (Wildman–Crippen LogP) is 1.00. The van der Waals surface area contributed by atoms with Gasteiger partial charge >= 0.3 is 0 Å². The first-order valence-electron chi connectivity index (χ1n) is 10.2. The molecule has 34 heavy (non-hydrogen) atoms. The Hall–Kier alpha value is -3.71. The highest BCUT2D eigenvalue weighted by atomic mass is 32.2. The molecule has 11 nitrogen and oxygen atoms in total. The third-order valence-electron chi connectivity index (χ3n) is 5.25. The van der Waals surface area contributed by atoms with E-state index in [0.717, 1.165) is 16.9 Å². The van der Waals surface area contributed by atoms with E-state index < -0.39 is 11.9 Å². The average molecular weight is 499 g/mol. The third-order valence-corrected chi connectivity index (χ3v) is 7.30. The number of nitrogen functional groups attached to an aromatic ring is 1. The van der Waals surface area contributed by atoms with Gasteiger partial charge in [0.25, 0.3) is 11.8 Å². The molecule has 3 N–H and O–H groups in total. The Morgan fingerprint density at radius 3 is 2.94 bits per heavy atom. The summed E-state index contributed by atoms with van der Waals surface area (Å²) in [6, 6.07) is 3.21. The topological polar surface area (TPSA) is 140 Å². The molecule has 0 spiro atoms. The zero-order chi connectivity index (χ0) is 23.7. The molecule has 3 aromatic heterocycles. The van der Waals surface area contributed by atoms with Crippen LogP contribution in [0.1, 0.15) is 5.69 Å². The summed E-state index contributed by atoms with van der Waals surface area (Å²) < 4.78 is 7.34. The Morgan fingerprint density at radius 2 is 2.26 bits per heavy atom. The summed E-state index contributed by atoms with van der Waals surface area (Å²) in [5, 5.41) is 8.26. The average Bonchev–Trinajstić information content (AvgIpc) is 3.53. The number of carbonyl (C=O) groups is 2. The van der Waals surface area contributed by atoms with E-state index in [0.29, 0.717) is 23.3 Å². The zero-order valence-electron chi connectivity index (χ0n) is 18.0. The van der Waals surface area contributed by atoms with Crippen molar-refractivity contribution in [3.05, 3.63) is 59.8 Å². The molecule has 0 radical (unpaired) electrons. The lowest BCUT2D eigenvalue weighted by molar-refractivity contribution is -0.688. The first-order chi connectivity index (χ1) is 16.5. The number of amides is 2.